The van der Waals surface area contributed by atoms with Crippen LogP contribution in [0.4, 0.5) is 0 Å². The van der Waals surface area contributed by atoms with Crippen molar-refractivity contribution in [2.45, 2.75) is 215 Å². The van der Waals surface area contributed by atoms with Gasteiger partial charge in [-0.15, -0.1) is 0 Å². The Morgan fingerprint density at radius 2 is 1.17 bits per heavy atom. The Bertz CT molecular complexity index is 1910. The topological polar surface area (TPSA) is 334 Å². The Kier molecular flexibility index (Phi) is 14.2. The van der Waals surface area contributed by atoms with Crippen molar-refractivity contribution in [2.24, 2.45) is 50.7 Å². The monoisotopic (exact) mass is 1000 g/mol. The van der Waals surface area contributed by atoms with E-state index in [1.165, 1.54) is 6.92 Å². The Hall–Kier alpha value is -1.13. The van der Waals surface area contributed by atoms with Gasteiger partial charge in [-0.1, -0.05) is 34.6 Å². The van der Waals surface area contributed by atoms with Crippen LogP contribution in [0.3, 0.4) is 0 Å². The van der Waals surface area contributed by atoms with E-state index in [2.05, 4.69) is 34.6 Å². The number of methoxy groups -OCH3 is 1. The van der Waals surface area contributed by atoms with Gasteiger partial charge in [-0.2, -0.15) is 0 Å². The molecule has 27 atom stereocenters. The number of ether oxygens (including phenoxy) is 8. The zero-order valence-corrected chi connectivity index (χ0v) is 41.4. The number of fused-ring (bicyclic) bond motifs is 4. The number of carbonyl (C=O) groups is 1. The van der Waals surface area contributed by atoms with Gasteiger partial charge in [-0.3, -0.25) is 4.79 Å². The van der Waals surface area contributed by atoms with E-state index in [1.807, 2.05) is 0 Å². The molecule has 4 unspecified atom stereocenters. The van der Waals surface area contributed by atoms with Crippen molar-refractivity contribution in [2.75, 3.05) is 33.5 Å². The van der Waals surface area contributed by atoms with Crippen LogP contribution in [0, 0.1) is 50.7 Å². The lowest BCUT2D eigenvalue weighted by molar-refractivity contribution is -0.377. The van der Waals surface area contributed by atoms with E-state index in [9.17, 15) is 66.1 Å². The highest BCUT2D eigenvalue weighted by Gasteiger charge is 2.85. The third-order valence-electron chi connectivity index (χ3n) is 20.5. The zero-order chi connectivity index (χ0) is 51.1. The molecule has 70 heavy (non-hydrogen) atoms. The number of aliphatic hydroxyl groups is 12. The predicted octanol–water partition coefficient (Wildman–Crippen LogP) is -2.05. The summed E-state index contributed by atoms with van der Waals surface area (Å²) in [6.45, 7) is 10.0. The number of rotatable bonds is 14. The first kappa shape index (κ1) is 53.7. The van der Waals surface area contributed by atoms with E-state index in [-0.39, 0.29) is 45.8 Å². The standard InChI is InChI=1S/C49H80O21/c1-21-22(14-28(53)46(6,62)20-64-40-36(60)33(57)30(54)23(15-50)65-40)70-49(63-7)18-45(5)27-9-8-26-43(2,3)29(10-11-47(26)19-48(27,47)13-12-44(45,4)39(21)49)68-42-38(35(59)32(56)25(17-52)67-42)69-41-37(61)34(58)31(55)24(16-51)66-41/h21-27,29-42,50-52,54-62H,8-20H2,1-7H3/t21?,22-,23+,24+,25+,26?,27-,29-,30+,31+,32+,33-,34-,35-,36+,37+,38+,39?,40+,41-,42-,44+,45-,46?,47+,48-,49-/m0/s1. The minimum Gasteiger partial charge on any atom is -0.394 e. The molecule has 4 aliphatic heterocycles. The quantitative estimate of drug-likeness (QED) is 0.0834. The summed E-state index contributed by atoms with van der Waals surface area (Å²) in [5, 5.41) is 126. The normalized spacial score (nSPS) is 55.6. The van der Waals surface area contributed by atoms with Gasteiger partial charge in [-0.25, -0.2) is 0 Å². The molecule has 0 aromatic heterocycles. The SMILES string of the molecule is CO[C@]12C[C@@]3(C)[C@@H]4CCC5C(C)(C)[C@@H](O[C@@H]6O[C@H](CO)[C@@H](O)[C@H](O)[C@H]6O[C@@H]6O[C@H](CO)[C@@H](O)[C@H](O)[C@H]6O)CC[C@@]56C[C@@]46CC[C@]3(C)C1C(C)[C@H](CC(=O)C(C)(O)CO[C@@H]1O[C@H](CO)[C@@H](O)[C@H](O)[C@H]1O)O2. The third kappa shape index (κ3) is 7.80. The number of hydrogen-bond donors (Lipinski definition) is 12. The van der Waals surface area contributed by atoms with Gasteiger partial charge in [0.15, 0.2) is 30.4 Å². The molecule has 402 valence electrons. The predicted molar refractivity (Wildman–Crippen MR) is 237 cm³/mol. The summed E-state index contributed by atoms with van der Waals surface area (Å²) in [5.41, 5.74) is -2.83. The summed E-state index contributed by atoms with van der Waals surface area (Å²) in [7, 11) is 1.67. The summed E-state index contributed by atoms with van der Waals surface area (Å²) in [6.07, 6.45) is -17.2. The lowest BCUT2D eigenvalue weighted by Crippen LogP contribution is -2.65. The van der Waals surface area contributed by atoms with Crippen LogP contribution in [0.25, 0.3) is 0 Å². The van der Waals surface area contributed by atoms with E-state index in [0.29, 0.717) is 18.8 Å². The fourth-order valence-corrected chi connectivity index (χ4v) is 16.6. The number of carbonyl (C=O) groups excluding carboxylic acids is 1. The second kappa shape index (κ2) is 18.6. The van der Waals surface area contributed by atoms with Crippen LogP contribution in [0.15, 0.2) is 0 Å². The third-order valence-corrected chi connectivity index (χ3v) is 20.5. The van der Waals surface area contributed by atoms with Gasteiger partial charge in [0.2, 0.25) is 0 Å². The second-order valence-electron chi connectivity index (χ2n) is 24.1. The first-order chi connectivity index (χ1) is 32.8. The first-order valence-electron chi connectivity index (χ1n) is 25.4. The molecule has 5 saturated carbocycles. The summed E-state index contributed by atoms with van der Waals surface area (Å²) in [5.74, 6) is -1.16. The molecule has 4 saturated heterocycles. The zero-order valence-electron chi connectivity index (χ0n) is 41.4. The molecular formula is C49H80O21. The summed E-state index contributed by atoms with van der Waals surface area (Å²) < 4.78 is 48.9. The highest BCUT2D eigenvalue weighted by molar-refractivity contribution is 5.87. The van der Waals surface area contributed by atoms with Crippen LogP contribution in [0.2, 0.25) is 0 Å². The van der Waals surface area contributed by atoms with Crippen molar-refractivity contribution in [3.63, 3.8) is 0 Å². The maximum absolute atomic E-state index is 13.9. The molecule has 9 aliphatic rings. The fraction of sp³-hybridized carbons (Fsp3) is 0.980. The van der Waals surface area contributed by atoms with Crippen LogP contribution < -0.4 is 0 Å². The van der Waals surface area contributed by atoms with Gasteiger partial charge in [0.05, 0.1) is 38.6 Å². The average Bonchev–Trinajstić information content (AvgIpc) is 3.84. The molecule has 0 aromatic carbocycles. The molecule has 9 rings (SSSR count). The van der Waals surface area contributed by atoms with E-state index < -0.39 is 153 Å². The van der Waals surface area contributed by atoms with Crippen molar-refractivity contribution >= 4 is 5.78 Å². The second-order valence-corrected chi connectivity index (χ2v) is 24.1. The number of Topliss-reactive ketones (excluding diaryl/α,β-unsaturated/α-hetero) is 1. The molecule has 0 radical (unpaired) electrons. The molecule has 2 spiro atoms. The summed E-state index contributed by atoms with van der Waals surface area (Å²) in [6, 6.07) is 0. The van der Waals surface area contributed by atoms with Gasteiger partial charge in [0.1, 0.15) is 78.8 Å². The molecule has 9 fully saturated rings. The van der Waals surface area contributed by atoms with Crippen molar-refractivity contribution in [1.82, 2.24) is 0 Å². The average molecular weight is 1010 g/mol. The van der Waals surface area contributed by atoms with Gasteiger partial charge >= 0.3 is 0 Å². The van der Waals surface area contributed by atoms with E-state index in [0.717, 1.165) is 38.5 Å². The largest absolute Gasteiger partial charge is 0.394 e. The summed E-state index contributed by atoms with van der Waals surface area (Å²) in [4.78, 5) is 13.9. The maximum Gasteiger partial charge on any atom is 0.187 e. The van der Waals surface area contributed by atoms with Crippen LogP contribution >= 0.6 is 0 Å². The first-order valence-corrected chi connectivity index (χ1v) is 25.4. The number of aliphatic hydroxyl groups excluding tert-OH is 11. The molecule has 0 amide bonds. The molecule has 5 aliphatic carbocycles. The van der Waals surface area contributed by atoms with Crippen LogP contribution in [-0.2, 0) is 42.7 Å². The van der Waals surface area contributed by atoms with Gasteiger partial charge < -0.3 is 99.2 Å². The van der Waals surface area contributed by atoms with Crippen LogP contribution in [0.5, 0.6) is 0 Å². The molecule has 12 N–H and O–H groups in total. The van der Waals surface area contributed by atoms with Crippen molar-refractivity contribution < 1.29 is 104 Å². The minimum atomic E-state index is -2.04. The van der Waals surface area contributed by atoms with Crippen LogP contribution in [0.1, 0.15) is 99.3 Å². The smallest absolute Gasteiger partial charge is 0.187 e. The Morgan fingerprint density at radius 3 is 1.77 bits per heavy atom. The lowest BCUT2D eigenvalue weighted by atomic mass is 9.41. The minimum absolute atomic E-state index is 0.0230. The van der Waals surface area contributed by atoms with E-state index in [4.69, 9.17) is 37.9 Å². The highest BCUT2D eigenvalue weighted by Crippen LogP contribution is 2.90. The Labute approximate surface area is 408 Å². The summed E-state index contributed by atoms with van der Waals surface area (Å²) >= 11 is 0. The van der Waals surface area contributed by atoms with E-state index >= 15 is 0 Å². The highest BCUT2D eigenvalue weighted by atomic mass is 16.8. The van der Waals surface area contributed by atoms with E-state index in [1.54, 1.807) is 7.11 Å². The molecule has 0 bridgehead atoms. The number of hydrogen-bond acceptors (Lipinski definition) is 21. The molecule has 21 nitrogen and oxygen atoms in total. The Balaban J connectivity index is 0.884. The van der Waals surface area contributed by atoms with Crippen molar-refractivity contribution in [1.29, 1.82) is 0 Å². The number of ketones is 1. The van der Waals surface area contributed by atoms with Crippen LogP contribution in [-0.4, -0.2) is 216 Å². The lowest BCUT2D eigenvalue weighted by Gasteiger charge is -2.63. The van der Waals surface area contributed by atoms with Gasteiger partial charge in [-0.05, 0) is 96.7 Å². The Morgan fingerprint density at radius 1 is 0.629 bits per heavy atom. The fourth-order valence-electron chi connectivity index (χ4n) is 16.6. The molecular weight excluding hydrogens is 925 g/mol. The maximum atomic E-state index is 13.9. The molecule has 0 aromatic rings. The molecule has 21 heteroatoms. The molecule has 4 heterocycles. The van der Waals surface area contributed by atoms with Crippen molar-refractivity contribution in [3.05, 3.63) is 0 Å². The van der Waals surface area contributed by atoms with Gasteiger partial charge in [0, 0.05) is 25.9 Å². The van der Waals surface area contributed by atoms with Crippen molar-refractivity contribution in [3.8, 4) is 0 Å². The van der Waals surface area contributed by atoms with Gasteiger partial charge in [0.25, 0.3) is 0 Å².